The standard InChI is InChI=1S/C21H27N3O2/c1-2-20(13-23-7-1)15-25-10-5-18-6-11-26-21(12-18)16-24(17-21)14-19-3-8-22-9-4-19/h1-4,7-9,13,18H,5-6,10-12,14-17H2. The van der Waals surface area contributed by atoms with E-state index in [1.54, 1.807) is 6.20 Å². The first-order chi connectivity index (χ1) is 12.8. The van der Waals surface area contributed by atoms with E-state index >= 15 is 0 Å². The van der Waals surface area contributed by atoms with E-state index in [2.05, 4.69) is 33.1 Å². The molecule has 0 amide bonds. The summed E-state index contributed by atoms with van der Waals surface area (Å²) in [5.41, 5.74) is 2.55. The van der Waals surface area contributed by atoms with Gasteiger partial charge in [-0.3, -0.25) is 14.9 Å². The molecule has 4 heterocycles. The van der Waals surface area contributed by atoms with Crippen LogP contribution in [-0.4, -0.2) is 46.8 Å². The third-order valence-electron chi connectivity index (χ3n) is 5.44. The van der Waals surface area contributed by atoms with Gasteiger partial charge in [0, 0.05) is 57.6 Å². The van der Waals surface area contributed by atoms with Crippen LogP contribution in [0.15, 0.2) is 49.1 Å². The molecule has 0 aromatic carbocycles. The van der Waals surface area contributed by atoms with Gasteiger partial charge >= 0.3 is 0 Å². The second kappa shape index (κ2) is 8.25. The highest BCUT2D eigenvalue weighted by atomic mass is 16.5. The average Bonchev–Trinajstić information content (AvgIpc) is 2.66. The van der Waals surface area contributed by atoms with Gasteiger partial charge < -0.3 is 9.47 Å². The highest BCUT2D eigenvalue weighted by molar-refractivity contribution is 5.12. The number of pyridine rings is 2. The Labute approximate surface area is 155 Å². The van der Waals surface area contributed by atoms with E-state index in [1.165, 1.54) is 5.56 Å². The van der Waals surface area contributed by atoms with Crippen molar-refractivity contribution in [2.24, 2.45) is 5.92 Å². The lowest BCUT2D eigenvalue weighted by Crippen LogP contribution is -2.64. The predicted octanol–water partition coefficient (Wildman–Crippen LogP) is 3.06. The quantitative estimate of drug-likeness (QED) is 0.716. The van der Waals surface area contributed by atoms with E-state index in [0.717, 1.165) is 57.7 Å². The molecular formula is C21H27N3O2. The van der Waals surface area contributed by atoms with Crippen molar-refractivity contribution < 1.29 is 9.47 Å². The monoisotopic (exact) mass is 353 g/mol. The topological polar surface area (TPSA) is 47.5 Å². The van der Waals surface area contributed by atoms with Gasteiger partial charge in [-0.05, 0) is 54.5 Å². The Hall–Kier alpha value is -1.82. The van der Waals surface area contributed by atoms with Crippen LogP contribution >= 0.6 is 0 Å². The molecular weight excluding hydrogens is 326 g/mol. The molecule has 0 saturated carbocycles. The van der Waals surface area contributed by atoms with Crippen molar-refractivity contribution in [2.75, 3.05) is 26.3 Å². The molecule has 5 heteroatoms. The maximum absolute atomic E-state index is 6.17. The molecule has 2 aromatic heterocycles. The number of ether oxygens (including phenoxy) is 2. The third-order valence-corrected chi connectivity index (χ3v) is 5.44. The molecule has 5 nitrogen and oxygen atoms in total. The number of nitrogens with zero attached hydrogens (tertiary/aromatic N) is 3. The largest absolute Gasteiger partial charge is 0.377 e. The highest BCUT2D eigenvalue weighted by Gasteiger charge is 2.47. The van der Waals surface area contributed by atoms with E-state index in [-0.39, 0.29) is 5.60 Å². The number of hydrogen-bond donors (Lipinski definition) is 0. The predicted molar refractivity (Wildman–Crippen MR) is 99.4 cm³/mol. The number of hydrogen-bond acceptors (Lipinski definition) is 5. The second-order valence-corrected chi connectivity index (χ2v) is 7.59. The lowest BCUT2D eigenvalue weighted by molar-refractivity contribution is -0.182. The van der Waals surface area contributed by atoms with Crippen LogP contribution in [0.5, 0.6) is 0 Å². The third kappa shape index (κ3) is 4.47. The zero-order chi connectivity index (χ0) is 17.7. The minimum atomic E-state index is 0.0826. The van der Waals surface area contributed by atoms with Gasteiger partial charge in [-0.15, -0.1) is 0 Å². The van der Waals surface area contributed by atoms with Crippen molar-refractivity contribution in [3.05, 3.63) is 60.2 Å². The normalized spacial score (nSPS) is 22.2. The highest BCUT2D eigenvalue weighted by Crippen LogP contribution is 2.38. The number of rotatable bonds is 7. The first-order valence-corrected chi connectivity index (χ1v) is 9.53. The number of aromatic nitrogens is 2. The van der Waals surface area contributed by atoms with Gasteiger partial charge in [-0.2, -0.15) is 0 Å². The summed E-state index contributed by atoms with van der Waals surface area (Å²) >= 11 is 0. The van der Waals surface area contributed by atoms with Crippen LogP contribution in [0.2, 0.25) is 0 Å². The molecule has 2 fully saturated rings. The lowest BCUT2D eigenvalue weighted by atomic mass is 9.79. The molecule has 0 N–H and O–H groups in total. The van der Waals surface area contributed by atoms with Crippen molar-refractivity contribution >= 4 is 0 Å². The summed E-state index contributed by atoms with van der Waals surface area (Å²) in [6.45, 7) is 5.44. The molecule has 138 valence electrons. The first kappa shape index (κ1) is 17.6. The Morgan fingerprint density at radius 1 is 1.12 bits per heavy atom. The van der Waals surface area contributed by atoms with Crippen LogP contribution < -0.4 is 0 Å². The zero-order valence-corrected chi connectivity index (χ0v) is 15.2. The van der Waals surface area contributed by atoms with E-state index in [1.807, 2.05) is 24.7 Å². The summed E-state index contributed by atoms with van der Waals surface area (Å²) in [6.07, 6.45) is 10.8. The zero-order valence-electron chi connectivity index (χ0n) is 15.2. The molecule has 1 unspecified atom stereocenters. The fourth-order valence-electron chi connectivity index (χ4n) is 4.15. The molecule has 2 aliphatic rings. The fourth-order valence-corrected chi connectivity index (χ4v) is 4.15. The Balaban J connectivity index is 1.18. The summed E-state index contributed by atoms with van der Waals surface area (Å²) in [6, 6.07) is 8.20. The molecule has 4 rings (SSSR count). The van der Waals surface area contributed by atoms with Crippen LogP contribution in [0, 0.1) is 5.92 Å². The Morgan fingerprint density at radius 2 is 2.00 bits per heavy atom. The average molecular weight is 353 g/mol. The Morgan fingerprint density at radius 3 is 2.81 bits per heavy atom. The molecule has 1 spiro atoms. The molecule has 1 atom stereocenters. The van der Waals surface area contributed by atoms with Gasteiger partial charge in [-0.1, -0.05) is 6.07 Å². The maximum atomic E-state index is 6.17. The SMILES string of the molecule is c1cncc(COCCC2CCOC3(C2)CN(Cc2ccncc2)C3)c1. The van der Waals surface area contributed by atoms with Gasteiger partial charge in [0.25, 0.3) is 0 Å². The molecule has 0 radical (unpaired) electrons. The van der Waals surface area contributed by atoms with Crippen LogP contribution in [0.25, 0.3) is 0 Å². The minimum Gasteiger partial charge on any atom is -0.377 e. The second-order valence-electron chi connectivity index (χ2n) is 7.59. The van der Waals surface area contributed by atoms with Gasteiger partial charge in [0.1, 0.15) is 0 Å². The summed E-state index contributed by atoms with van der Waals surface area (Å²) in [4.78, 5) is 10.7. The van der Waals surface area contributed by atoms with E-state index < -0.39 is 0 Å². The lowest BCUT2D eigenvalue weighted by Gasteiger charge is -2.53. The van der Waals surface area contributed by atoms with Crippen molar-refractivity contribution in [3.8, 4) is 0 Å². The van der Waals surface area contributed by atoms with Crippen LogP contribution in [0.3, 0.4) is 0 Å². The molecule has 2 saturated heterocycles. The molecule has 2 aromatic rings. The summed E-state index contributed by atoms with van der Waals surface area (Å²) in [5, 5.41) is 0. The summed E-state index contributed by atoms with van der Waals surface area (Å²) < 4.78 is 12.0. The molecule has 0 bridgehead atoms. The van der Waals surface area contributed by atoms with Crippen LogP contribution in [-0.2, 0) is 22.6 Å². The van der Waals surface area contributed by atoms with Crippen LogP contribution in [0.4, 0.5) is 0 Å². The van der Waals surface area contributed by atoms with Crippen molar-refractivity contribution in [1.29, 1.82) is 0 Å². The number of likely N-dealkylation sites (tertiary alicyclic amines) is 1. The summed E-state index contributed by atoms with van der Waals surface area (Å²) in [5.74, 6) is 0.709. The smallest absolute Gasteiger partial charge is 0.0937 e. The van der Waals surface area contributed by atoms with E-state index in [9.17, 15) is 0 Å². The molecule has 2 aliphatic heterocycles. The molecule has 0 aliphatic carbocycles. The van der Waals surface area contributed by atoms with Crippen molar-refractivity contribution in [1.82, 2.24) is 14.9 Å². The van der Waals surface area contributed by atoms with Gasteiger partial charge in [0.2, 0.25) is 0 Å². The van der Waals surface area contributed by atoms with E-state index in [0.29, 0.717) is 12.5 Å². The molecule has 26 heavy (non-hydrogen) atoms. The van der Waals surface area contributed by atoms with Gasteiger partial charge in [0.05, 0.1) is 12.2 Å². The van der Waals surface area contributed by atoms with Gasteiger partial charge in [0.15, 0.2) is 0 Å². The van der Waals surface area contributed by atoms with E-state index in [4.69, 9.17) is 9.47 Å². The fraction of sp³-hybridized carbons (Fsp3) is 0.524. The first-order valence-electron chi connectivity index (χ1n) is 9.53. The van der Waals surface area contributed by atoms with Crippen molar-refractivity contribution in [3.63, 3.8) is 0 Å². The summed E-state index contributed by atoms with van der Waals surface area (Å²) in [7, 11) is 0. The Bertz CT molecular complexity index is 674. The maximum Gasteiger partial charge on any atom is 0.0937 e. The van der Waals surface area contributed by atoms with Gasteiger partial charge in [-0.25, -0.2) is 0 Å². The van der Waals surface area contributed by atoms with Crippen molar-refractivity contribution in [2.45, 2.75) is 38.0 Å². The Kier molecular flexibility index (Phi) is 5.58. The van der Waals surface area contributed by atoms with Crippen LogP contribution in [0.1, 0.15) is 30.4 Å². The minimum absolute atomic E-state index is 0.0826.